The number of piperidine rings is 1. The maximum Gasteiger partial charge on any atom is 0.251 e. The summed E-state index contributed by atoms with van der Waals surface area (Å²) in [6.07, 6.45) is 2.29. The average molecular weight is 338 g/mol. The minimum absolute atomic E-state index is 0.0869. The molecular formula is C19H19FN4O. The number of amides is 1. The summed E-state index contributed by atoms with van der Waals surface area (Å²) in [5.41, 5.74) is 8.50. The second-order valence-corrected chi connectivity index (χ2v) is 6.45. The summed E-state index contributed by atoms with van der Waals surface area (Å²) in [5, 5.41) is 3.37. The molecule has 1 fully saturated rings. The van der Waals surface area contributed by atoms with Crippen LogP contribution >= 0.6 is 0 Å². The second-order valence-electron chi connectivity index (χ2n) is 6.45. The number of nitrogens with zero attached hydrogens (tertiary/aromatic N) is 1. The number of H-pyrrole nitrogens is 1. The largest absolute Gasteiger partial charge is 0.366 e. The van der Waals surface area contributed by atoms with E-state index in [1.54, 1.807) is 0 Å². The first-order chi connectivity index (χ1) is 12.1. The smallest absolute Gasteiger partial charge is 0.251 e. The molecule has 1 saturated heterocycles. The van der Waals surface area contributed by atoms with E-state index in [4.69, 9.17) is 5.73 Å². The van der Waals surface area contributed by atoms with Gasteiger partial charge in [0.1, 0.15) is 17.2 Å². The molecule has 25 heavy (non-hydrogen) atoms. The molecule has 0 bridgehead atoms. The van der Waals surface area contributed by atoms with Gasteiger partial charge in [-0.1, -0.05) is 24.3 Å². The van der Waals surface area contributed by atoms with Crippen molar-refractivity contribution in [2.24, 2.45) is 5.73 Å². The monoisotopic (exact) mass is 338 g/mol. The van der Waals surface area contributed by atoms with Gasteiger partial charge in [-0.15, -0.1) is 0 Å². The van der Waals surface area contributed by atoms with Crippen LogP contribution in [0.5, 0.6) is 0 Å². The van der Waals surface area contributed by atoms with Crippen molar-refractivity contribution >= 4 is 16.9 Å². The fraction of sp³-hybridized carbons (Fsp3) is 0.263. The number of benzene rings is 2. The lowest BCUT2D eigenvalue weighted by molar-refractivity contribution is 0.100. The molecule has 0 atom stereocenters. The Morgan fingerprint density at radius 1 is 1.16 bits per heavy atom. The van der Waals surface area contributed by atoms with Crippen LogP contribution in [-0.4, -0.2) is 29.0 Å². The van der Waals surface area contributed by atoms with E-state index in [2.05, 4.69) is 27.4 Å². The van der Waals surface area contributed by atoms with Crippen LogP contribution in [-0.2, 0) is 0 Å². The molecule has 2 heterocycles. The summed E-state index contributed by atoms with van der Waals surface area (Å²) in [5.74, 6) is -0.0249. The molecule has 0 unspecified atom stereocenters. The van der Waals surface area contributed by atoms with Gasteiger partial charge in [-0.3, -0.25) is 4.79 Å². The number of carbonyl (C=O) groups excluding carboxylic acids is 1. The number of aromatic amines is 1. The summed E-state index contributed by atoms with van der Waals surface area (Å²) in [6, 6.07) is 10.7. The van der Waals surface area contributed by atoms with Gasteiger partial charge in [0.25, 0.3) is 5.91 Å². The summed E-state index contributed by atoms with van der Waals surface area (Å²) >= 11 is 0. The van der Waals surface area contributed by atoms with Crippen molar-refractivity contribution in [2.75, 3.05) is 13.1 Å². The molecule has 3 aromatic rings. The van der Waals surface area contributed by atoms with Crippen LogP contribution in [0.2, 0.25) is 0 Å². The number of nitrogens with two attached hydrogens (primary N) is 1. The SMILES string of the molecule is NC(=O)c1cc(F)cc2[nH]c(-c3ccc(C4CCNCC4)cc3)nc12. The summed E-state index contributed by atoms with van der Waals surface area (Å²) in [6.45, 7) is 2.11. The van der Waals surface area contributed by atoms with Crippen molar-refractivity contribution in [3.63, 3.8) is 0 Å². The first kappa shape index (κ1) is 15.8. The number of aromatic nitrogens is 2. The molecule has 0 spiro atoms. The molecule has 1 aliphatic rings. The maximum absolute atomic E-state index is 13.7. The normalized spacial score (nSPS) is 15.6. The Balaban J connectivity index is 1.69. The Morgan fingerprint density at radius 2 is 1.88 bits per heavy atom. The zero-order chi connectivity index (χ0) is 17.4. The van der Waals surface area contributed by atoms with E-state index in [0.29, 0.717) is 22.8 Å². The third-order valence-corrected chi connectivity index (χ3v) is 4.81. The van der Waals surface area contributed by atoms with Crippen molar-refractivity contribution in [3.8, 4) is 11.4 Å². The van der Waals surface area contributed by atoms with Gasteiger partial charge in [0.15, 0.2) is 0 Å². The van der Waals surface area contributed by atoms with Crippen molar-refractivity contribution in [1.82, 2.24) is 15.3 Å². The highest BCUT2D eigenvalue weighted by atomic mass is 19.1. The Labute approximate surface area is 144 Å². The first-order valence-electron chi connectivity index (χ1n) is 8.42. The van der Waals surface area contributed by atoms with E-state index in [1.807, 2.05) is 12.1 Å². The summed E-state index contributed by atoms with van der Waals surface area (Å²) < 4.78 is 13.7. The number of hydrogen-bond donors (Lipinski definition) is 3. The second kappa shape index (κ2) is 6.29. The number of hydrogen-bond acceptors (Lipinski definition) is 3. The van der Waals surface area contributed by atoms with Gasteiger partial charge in [0.05, 0.1) is 11.1 Å². The van der Waals surface area contributed by atoms with Crippen LogP contribution in [0.4, 0.5) is 4.39 Å². The van der Waals surface area contributed by atoms with Crippen molar-refractivity contribution in [1.29, 1.82) is 0 Å². The molecule has 0 radical (unpaired) electrons. The summed E-state index contributed by atoms with van der Waals surface area (Å²) in [4.78, 5) is 19.1. The minimum atomic E-state index is -0.691. The van der Waals surface area contributed by atoms with Crippen LogP contribution < -0.4 is 11.1 Å². The molecule has 1 aliphatic heterocycles. The third kappa shape index (κ3) is 3.00. The maximum atomic E-state index is 13.7. The van der Waals surface area contributed by atoms with Crippen LogP contribution in [0.3, 0.4) is 0 Å². The van der Waals surface area contributed by atoms with E-state index in [9.17, 15) is 9.18 Å². The van der Waals surface area contributed by atoms with Crippen LogP contribution in [0.25, 0.3) is 22.4 Å². The van der Waals surface area contributed by atoms with Crippen molar-refractivity contribution in [3.05, 3.63) is 53.3 Å². The molecular weight excluding hydrogens is 319 g/mol. The predicted molar refractivity (Wildman–Crippen MR) is 94.9 cm³/mol. The van der Waals surface area contributed by atoms with Gasteiger partial charge in [-0.25, -0.2) is 9.37 Å². The van der Waals surface area contributed by atoms with Gasteiger partial charge >= 0.3 is 0 Å². The van der Waals surface area contributed by atoms with E-state index in [1.165, 1.54) is 11.6 Å². The average Bonchev–Trinajstić information content (AvgIpc) is 3.05. The Bertz CT molecular complexity index is 926. The number of fused-ring (bicyclic) bond motifs is 1. The van der Waals surface area contributed by atoms with Crippen LogP contribution in [0.1, 0.15) is 34.7 Å². The molecule has 5 nitrogen and oxygen atoms in total. The number of halogens is 1. The first-order valence-corrected chi connectivity index (χ1v) is 8.42. The zero-order valence-corrected chi connectivity index (χ0v) is 13.7. The molecule has 2 aromatic carbocycles. The van der Waals surface area contributed by atoms with E-state index in [0.717, 1.165) is 37.6 Å². The molecule has 128 valence electrons. The van der Waals surface area contributed by atoms with Gasteiger partial charge in [0.2, 0.25) is 0 Å². The highest BCUT2D eigenvalue weighted by Crippen LogP contribution is 2.28. The Kier molecular flexibility index (Phi) is 3.97. The lowest BCUT2D eigenvalue weighted by Crippen LogP contribution is -2.26. The Morgan fingerprint density at radius 3 is 2.56 bits per heavy atom. The van der Waals surface area contributed by atoms with Crippen molar-refractivity contribution in [2.45, 2.75) is 18.8 Å². The molecule has 1 amide bonds. The number of primary amides is 1. The zero-order valence-electron chi connectivity index (χ0n) is 13.7. The Hall–Kier alpha value is -2.73. The van der Waals surface area contributed by atoms with Gasteiger partial charge in [0, 0.05) is 5.56 Å². The van der Waals surface area contributed by atoms with Crippen LogP contribution in [0.15, 0.2) is 36.4 Å². The molecule has 6 heteroatoms. The fourth-order valence-electron chi connectivity index (χ4n) is 3.48. The molecule has 4 N–H and O–H groups in total. The molecule has 0 saturated carbocycles. The minimum Gasteiger partial charge on any atom is -0.366 e. The van der Waals surface area contributed by atoms with Gasteiger partial charge in [-0.05, 0) is 49.5 Å². The van der Waals surface area contributed by atoms with Crippen molar-refractivity contribution < 1.29 is 9.18 Å². The van der Waals surface area contributed by atoms with Crippen LogP contribution in [0, 0.1) is 5.82 Å². The standard InChI is InChI=1S/C19H19FN4O/c20-14-9-15(18(21)25)17-16(10-14)23-19(24-17)13-3-1-11(2-4-13)12-5-7-22-8-6-12/h1-4,9-10,12,22H,5-8H2,(H2,21,25)(H,23,24). The predicted octanol–water partition coefficient (Wildman–Crippen LogP) is 2.93. The van der Waals surface area contributed by atoms with E-state index in [-0.39, 0.29) is 5.56 Å². The fourth-order valence-corrected chi connectivity index (χ4v) is 3.48. The van der Waals surface area contributed by atoms with Gasteiger partial charge in [-0.2, -0.15) is 0 Å². The molecule has 4 rings (SSSR count). The number of rotatable bonds is 3. The lowest BCUT2D eigenvalue weighted by Gasteiger charge is -2.23. The van der Waals surface area contributed by atoms with E-state index >= 15 is 0 Å². The lowest BCUT2D eigenvalue weighted by atomic mass is 9.90. The number of imidazole rings is 1. The highest BCUT2D eigenvalue weighted by Gasteiger charge is 2.17. The van der Waals surface area contributed by atoms with Gasteiger partial charge < -0.3 is 16.0 Å². The highest BCUT2D eigenvalue weighted by molar-refractivity contribution is 6.04. The third-order valence-electron chi connectivity index (χ3n) is 4.81. The number of nitrogens with one attached hydrogen (secondary N) is 2. The molecule has 1 aromatic heterocycles. The topological polar surface area (TPSA) is 83.8 Å². The number of carbonyl (C=O) groups is 1. The summed E-state index contributed by atoms with van der Waals surface area (Å²) in [7, 11) is 0. The van der Waals surface area contributed by atoms with E-state index < -0.39 is 11.7 Å². The quantitative estimate of drug-likeness (QED) is 0.686. The molecule has 0 aliphatic carbocycles.